The molecule has 20 heavy (non-hydrogen) atoms. The number of allylic oxidation sites excluding steroid dienone is 1. The number of hydrogen-bond donors (Lipinski definition) is 0. The molecule has 3 aliphatic rings. The molecule has 1 saturated heterocycles. The third-order valence-electron chi connectivity index (χ3n) is 2.83. The highest BCUT2D eigenvalue weighted by molar-refractivity contribution is 8.78. The summed E-state index contributed by atoms with van der Waals surface area (Å²) in [6, 6.07) is 0. The number of thioether (sulfide) groups is 1. The summed E-state index contributed by atoms with van der Waals surface area (Å²) >= 11 is 3.60. The molecule has 0 spiro atoms. The summed E-state index contributed by atoms with van der Waals surface area (Å²) in [5, 5.41) is 4.21. The van der Waals surface area contributed by atoms with Crippen molar-refractivity contribution >= 4 is 44.7 Å². The summed E-state index contributed by atoms with van der Waals surface area (Å²) < 4.78 is 16.4. The van der Waals surface area contributed by atoms with Gasteiger partial charge in [0, 0.05) is 21.4 Å². The fourth-order valence-electron chi connectivity index (χ4n) is 1.87. The second-order valence-electron chi connectivity index (χ2n) is 4.49. The van der Waals surface area contributed by atoms with Gasteiger partial charge in [0.05, 0.1) is 11.5 Å². The molecule has 2 atom stereocenters. The minimum atomic E-state index is 0.179. The van der Waals surface area contributed by atoms with Gasteiger partial charge in [0.25, 0.3) is 0 Å². The average Bonchev–Trinajstić information content (AvgIpc) is 3.07. The van der Waals surface area contributed by atoms with E-state index in [2.05, 4.69) is 24.6 Å². The van der Waals surface area contributed by atoms with Crippen LogP contribution in [0.15, 0.2) is 26.3 Å². The topological polar surface area (TPSA) is 27.7 Å². The van der Waals surface area contributed by atoms with Crippen LogP contribution < -0.4 is 4.74 Å². The van der Waals surface area contributed by atoms with E-state index in [9.17, 15) is 0 Å². The molecular formula is C13H16O3S4. The van der Waals surface area contributed by atoms with Gasteiger partial charge in [0.15, 0.2) is 5.44 Å². The first-order chi connectivity index (χ1) is 9.74. The average molecular weight is 349 g/mol. The largest absolute Gasteiger partial charge is 0.491 e. The molecule has 0 radical (unpaired) electrons. The third kappa shape index (κ3) is 3.44. The van der Waals surface area contributed by atoms with E-state index in [0.717, 1.165) is 23.9 Å². The van der Waals surface area contributed by atoms with Crippen LogP contribution in [0.5, 0.6) is 5.75 Å². The van der Waals surface area contributed by atoms with E-state index >= 15 is 0 Å². The zero-order chi connectivity index (χ0) is 13.9. The Bertz CT molecular complexity index is 500. The van der Waals surface area contributed by atoms with Crippen molar-refractivity contribution in [3.05, 3.63) is 21.4 Å². The van der Waals surface area contributed by atoms with Gasteiger partial charge in [-0.05, 0) is 24.6 Å². The van der Waals surface area contributed by atoms with Gasteiger partial charge >= 0.3 is 0 Å². The zero-order valence-corrected chi connectivity index (χ0v) is 14.6. The van der Waals surface area contributed by atoms with Crippen LogP contribution in [0.1, 0.15) is 13.8 Å². The van der Waals surface area contributed by atoms with Gasteiger partial charge in [-0.2, -0.15) is 0 Å². The highest BCUT2D eigenvalue weighted by Crippen LogP contribution is 2.48. The van der Waals surface area contributed by atoms with Gasteiger partial charge in [-0.15, -0.1) is 23.1 Å². The molecule has 4 heterocycles. The van der Waals surface area contributed by atoms with Crippen LogP contribution in [0, 0.1) is 0 Å². The molecule has 1 aromatic rings. The lowest BCUT2D eigenvalue weighted by Crippen LogP contribution is -2.21. The van der Waals surface area contributed by atoms with E-state index in [1.54, 1.807) is 32.9 Å². The molecule has 0 aliphatic carbocycles. The Kier molecular flexibility index (Phi) is 5.14. The lowest BCUT2D eigenvalue weighted by Gasteiger charge is -2.20. The monoisotopic (exact) mass is 348 g/mol. The Labute approximate surface area is 135 Å². The quantitative estimate of drug-likeness (QED) is 0.636. The highest BCUT2D eigenvalue weighted by atomic mass is 33.1. The maximum Gasteiger partial charge on any atom is 0.171 e. The SMILES string of the molecule is CC1=C2OCCOC2SS1.CC1CSc2cscc2O1. The fraction of sp³-hybridized carbons (Fsp3) is 0.538. The van der Waals surface area contributed by atoms with Crippen molar-refractivity contribution in [3.63, 3.8) is 0 Å². The number of fused-ring (bicyclic) bond motifs is 2. The normalized spacial score (nSPS) is 27.7. The zero-order valence-electron chi connectivity index (χ0n) is 11.3. The van der Waals surface area contributed by atoms with Crippen molar-refractivity contribution in [2.45, 2.75) is 30.3 Å². The van der Waals surface area contributed by atoms with E-state index < -0.39 is 0 Å². The summed E-state index contributed by atoms with van der Waals surface area (Å²) in [5.74, 6) is 3.21. The smallest absolute Gasteiger partial charge is 0.171 e. The molecule has 3 aliphatic heterocycles. The highest BCUT2D eigenvalue weighted by Gasteiger charge is 2.30. The number of thiophene rings is 1. The summed E-state index contributed by atoms with van der Waals surface area (Å²) in [7, 11) is 3.48. The van der Waals surface area contributed by atoms with Crippen LogP contribution in [-0.2, 0) is 9.47 Å². The maximum absolute atomic E-state index is 5.56. The molecule has 3 nitrogen and oxygen atoms in total. The van der Waals surface area contributed by atoms with Crippen molar-refractivity contribution in [3.8, 4) is 5.75 Å². The van der Waals surface area contributed by atoms with E-state index in [1.807, 2.05) is 11.8 Å². The van der Waals surface area contributed by atoms with Crippen molar-refractivity contribution in [1.29, 1.82) is 0 Å². The molecule has 7 heteroatoms. The number of rotatable bonds is 0. The minimum absolute atomic E-state index is 0.179. The van der Waals surface area contributed by atoms with Crippen molar-refractivity contribution in [2.75, 3.05) is 19.0 Å². The first-order valence-corrected chi connectivity index (χ1v) is 10.5. The Hall–Kier alpha value is 0.0500. The van der Waals surface area contributed by atoms with E-state index in [0.29, 0.717) is 12.7 Å². The van der Waals surface area contributed by atoms with Crippen molar-refractivity contribution in [2.24, 2.45) is 0 Å². The van der Waals surface area contributed by atoms with Gasteiger partial charge in [-0.3, -0.25) is 0 Å². The van der Waals surface area contributed by atoms with Gasteiger partial charge in [-0.25, -0.2) is 0 Å². The summed E-state index contributed by atoms with van der Waals surface area (Å²) in [4.78, 5) is 2.57. The van der Waals surface area contributed by atoms with E-state index in [-0.39, 0.29) is 5.44 Å². The maximum atomic E-state index is 5.56. The molecule has 2 unspecified atom stereocenters. The van der Waals surface area contributed by atoms with Crippen LogP contribution in [-0.4, -0.2) is 30.5 Å². The molecule has 4 rings (SSSR count). The third-order valence-corrected chi connectivity index (χ3v) is 7.60. The molecule has 1 fully saturated rings. The summed E-state index contributed by atoms with van der Waals surface area (Å²) in [6.45, 7) is 5.62. The summed E-state index contributed by atoms with van der Waals surface area (Å²) in [5.41, 5.74) is 0.179. The van der Waals surface area contributed by atoms with Crippen LogP contribution in [0.3, 0.4) is 0 Å². The van der Waals surface area contributed by atoms with Crippen LogP contribution >= 0.6 is 44.7 Å². The Morgan fingerprint density at radius 3 is 3.00 bits per heavy atom. The molecule has 0 N–H and O–H groups in total. The summed E-state index contributed by atoms with van der Waals surface area (Å²) in [6.07, 6.45) is 0.382. The second-order valence-corrected chi connectivity index (χ2v) is 8.77. The lowest BCUT2D eigenvalue weighted by atomic mass is 10.4. The second kappa shape index (κ2) is 6.87. The van der Waals surface area contributed by atoms with Crippen LogP contribution in [0.25, 0.3) is 0 Å². The Morgan fingerprint density at radius 1 is 1.25 bits per heavy atom. The van der Waals surface area contributed by atoms with Gasteiger partial charge < -0.3 is 14.2 Å². The first kappa shape index (κ1) is 15.0. The fourth-order valence-corrected chi connectivity index (χ4v) is 6.14. The molecule has 0 aromatic carbocycles. The number of ether oxygens (including phenoxy) is 3. The Balaban J connectivity index is 0.000000121. The van der Waals surface area contributed by atoms with E-state index in [4.69, 9.17) is 14.2 Å². The molecule has 0 amide bonds. The van der Waals surface area contributed by atoms with Crippen LogP contribution in [0.4, 0.5) is 0 Å². The van der Waals surface area contributed by atoms with Crippen molar-refractivity contribution < 1.29 is 14.2 Å². The minimum Gasteiger partial charge on any atom is -0.491 e. The first-order valence-electron chi connectivity index (χ1n) is 6.38. The van der Waals surface area contributed by atoms with Gasteiger partial charge in [0.2, 0.25) is 0 Å². The molecule has 110 valence electrons. The van der Waals surface area contributed by atoms with Crippen LogP contribution in [0.2, 0.25) is 0 Å². The Morgan fingerprint density at radius 2 is 2.15 bits per heavy atom. The molecular weight excluding hydrogens is 332 g/mol. The molecule has 0 bridgehead atoms. The molecule has 1 aromatic heterocycles. The van der Waals surface area contributed by atoms with Gasteiger partial charge in [-0.1, -0.05) is 10.8 Å². The number of hydrogen-bond acceptors (Lipinski definition) is 7. The standard InChI is InChI=1S/C7H8OS2.C6H8O2S2/c1-5-2-10-7-4-9-3-6(7)8-5;1-4-5-6(10-9-4)8-3-2-7-5/h3-5H,2H2,1H3;6H,2-3H2,1H3. The predicted octanol–water partition coefficient (Wildman–Crippen LogP) is 4.61. The van der Waals surface area contributed by atoms with Crippen molar-refractivity contribution in [1.82, 2.24) is 0 Å². The van der Waals surface area contributed by atoms with Gasteiger partial charge in [0.1, 0.15) is 24.2 Å². The lowest BCUT2D eigenvalue weighted by molar-refractivity contribution is -0.00240. The predicted molar refractivity (Wildman–Crippen MR) is 88.7 cm³/mol. The molecule has 0 saturated carbocycles. The van der Waals surface area contributed by atoms with E-state index in [1.165, 1.54) is 9.80 Å².